The van der Waals surface area contributed by atoms with Gasteiger partial charge in [0.2, 0.25) is 5.89 Å². The third-order valence-electron chi connectivity index (χ3n) is 3.91. The predicted octanol–water partition coefficient (Wildman–Crippen LogP) is 0.207. The maximum atomic E-state index is 12.3. The van der Waals surface area contributed by atoms with E-state index in [-0.39, 0.29) is 24.2 Å². The number of H-pyrrole nitrogens is 1. The molecule has 0 saturated heterocycles. The van der Waals surface area contributed by atoms with Crippen molar-refractivity contribution in [1.82, 2.24) is 31.0 Å². The molecule has 9 heteroatoms. The number of aryl methyl sites for hydroxylation is 1. The fourth-order valence-corrected chi connectivity index (χ4v) is 2.63. The fourth-order valence-electron chi connectivity index (χ4n) is 2.63. The van der Waals surface area contributed by atoms with E-state index < -0.39 is 5.91 Å². The van der Waals surface area contributed by atoms with Crippen LogP contribution in [0.2, 0.25) is 0 Å². The van der Waals surface area contributed by atoms with Crippen molar-refractivity contribution >= 4 is 11.8 Å². The van der Waals surface area contributed by atoms with Crippen LogP contribution >= 0.6 is 0 Å². The van der Waals surface area contributed by atoms with Gasteiger partial charge in [0.05, 0.1) is 6.54 Å². The maximum absolute atomic E-state index is 12.3. The summed E-state index contributed by atoms with van der Waals surface area (Å²) in [6.07, 6.45) is 2.85. The molecule has 0 fully saturated rings. The number of rotatable bonds is 4. The summed E-state index contributed by atoms with van der Waals surface area (Å²) in [6, 6.07) is 0. The van der Waals surface area contributed by atoms with Gasteiger partial charge in [0.1, 0.15) is 0 Å². The van der Waals surface area contributed by atoms with Crippen molar-refractivity contribution in [3.05, 3.63) is 28.7 Å². The highest BCUT2D eigenvalue weighted by molar-refractivity contribution is 5.94. The van der Waals surface area contributed by atoms with Gasteiger partial charge in [0.15, 0.2) is 5.69 Å². The number of amides is 2. The third-order valence-corrected chi connectivity index (χ3v) is 3.91. The standard InChI is InChI=1S/C14H18N6O3/c1-7-3-4-9-8(5-7)11(19-18-9)13(21)16-6-10-17-12(20-23-10)14(22)15-2/h7H,3-6H2,1-2H3,(H,15,22)(H,16,21)(H,18,19)/t7-/m1/s1. The predicted molar refractivity (Wildman–Crippen MR) is 78.6 cm³/mol. The van der Waals surface area contributed by atoms with Crippen LogP contribution in [0.4, 0.5) is 0 Å². The van der Waals surface area contributed by atoms with Gasteiger partial charge in [-0.2, -0.15) is 10.1 Å². The van der Waals surface area contributed by atoms with Crippen LogP contribution < -0.4 is 10.6 Å². The molecule has 1 atom stereocenters. The summed E-state index contributed by atoms with van der Waals surface area (Å²) in [5, 5.41) is 15.7. The van der Waals surface area contributed by atoms with Crippen LogP contribution in [0.5, 0.6) is 0 Å². The van der Waals surface area contributed by atoms with E-state index in [1.165, 1.54) is 7.05 Å². The van der Waals surface area contributed by atoms with E-state index in [1.54, 1.807) is 0 Å². The zero-order valence-electron chi connectivity index (χ0n) is 13.0. The lowest BCUT2D eigenvalue weighted by atomic mass is 9.88. The van der Waals surface area contributed by atoms with Gasteiger partial charge in [-0.3, -0.25) is 14.7 Å². The van der Waals surface area contributed by atoms with Gasteiger partial charge in [0, 0.05) is 18.3 Å². The number of carbonyl (C=O) groups is 2. The zero-order chi connectivity index (χ0) is 16.4. The van der Waals surface area contributed by atoms with E-state index in [9.17, 15) is 9.59 Å². The first-order valence-corrected chi connectivity index (χ1v) is 7.47. The highest BCUT2D eigenvalue weighted by Crippen LogP contribution is 2.26. The van der Waals surface area contributed by atoms with Gasteiger partial charge in [-0.1, -0.05) is 12.1 Å². The van der Waals surface area contributed by atoms with Gasteiger partial charge < -0.3 is 15.2 Å². The SMILES string of the molecule is CNC(=O)c1noc(CNC(=O)c2n[nH]c3c2C[C@H](C)CC3)n1. The molecule has 0 radical (unpaired) electrons. The molecule has 9 nitrogen and oxygen atoms in total. The van der Waals surface area contributed by atoms with Crippen molar-refractivity contribution < 1.29 is 14.1 Å². The Labute approximate surface area is 132 Å². The number of carbonyl (C=O) groups excluding carboxylic acids is 2. The Hall–Kier alpha value is -2.71. The molecule has 2 aromatic rings. The van der Waals surface area contributed by atoms with E-state index in [4.69, 9.17) is 4.52 Å². The molecular formula is C14H18N6O3. The molecule has 0 spiro atoms. The molecule has 23 heavy (non-hydrogen) atoms. The van der Waals surface area contributed by atoms with Crippen LogP contribution in [0, 0.1) is 5.92 Å². The van der Waals surface area contributed by atoms with Crippen LogP contribution in [0.25, 0.3) is 0 Å². The number of fused-ring (bicyclic) bond motifs is 1. The van der Waals surface area contributed by atoms with Gasteiger partial charge in [0.25, 0.3) is 17.6 Å². The quantitative estimate of drug-likeness (QED) is 0.739. The van der Waals surface area contributed by atoms with Crippen molar-refractivity contribution in [2.24, 2.45) is 5.92 Å². The molecule has 3 rings (SSSR count). The van der Waals surface area contributed by atoms with Crippen molar-refractivity contribution in [1.29, 1.82) is 0 Å². The van der Waals surface area contributed by atoms with Crippen LogP contribution in [-0.2, 0) is 19.4 Å². The average Bonchev–Trinajstić information content (AvgIpc) is 3.18. The molecule has 0 bridgehead atoms. The molecular weight excluding hydrogens is 300 g/mol. The number of nitrogens with zero attached hydrogens (tertiary/aromatic N) is 3. The zero-order valence-corrected chi connectivity index (χ0v) is 13.0. The molecule has 0 aliphatic heterocycles. The minimum atomic E-state index is -0.443. The number of hydrogen-bond donors (Lipinski definition) is 3. The minimum absolute atomic E-state index is 0.0417. The summed E-state index contributed by atoms with van der Waals surface area (Å²) >= 11 is 0. The molecule has 122 valence electrons. The molecule has 2 amide bonds. The summed E-state index contributed by atoms with van der Waals surface area (Å²) in [5.41, 5.74) is 2.43. The van der Waals surface area contributed by atoms with Crippen molar-refractivity contribution in [3.8, 4) is 0 Å². The summed E-state index contributed by atoms with van der Waals surface area (Å²) in [7, 11) is 1.47. The Morgan fingerprint density at radius 3 is 3.00 bits per heavy atom. The number of hydrogen-bond acceptors (Lipinski definition) is 6. The smallest absolute Gasteiger partial charge is 0.292 e. The van der Waals surface area contributed by atoms with Gasteiger partial charge in [-0.15, -0.1) is 0 Å². The van der Waals surface area contributed by atoms with E-state index in [0.29, 0.717) is 11.6 Å². The first-order chi connectivity index (χ1) is 11.1. The van der Waals surface area contributed by atoms with Crippen LogP contribution in [0.15, 0.2) is 4.52 Å². The second-order valence-electron chi connectivity index (χ2n) is 5.65. The second-order valence-corrected chi connectivity index (χ2v) is 5.65. The van der Waals surface area contributed by atoms with Gasteiger partial charge >= 0.3 is 0 Å². The molecule has 0 saturated carbocycles. The second kappa shape index (κ2) is 6.19. The number of aromatic amines is 1. The first kappa shape index (κ1) is 15.2. The molecule has 2 aromatic heterocycles. The van der Waals surface area contributed by atoms with E-state index in [2.05, 4.69) is 37.9 Å². The largest absolute Gasteiger partial charge is 0.352 e. The van der Waals surface area contributed by atoms with Crippen LogP contribution in [0.3, 0.4) is 0 Å². The molecule has 0 aromatic carbocycles. The Morgan fingerprint density at radius 1 is 1.39 bits per heavy atom. The summed E-state index contributed by atoms with van der Waals surface area (Å²) in [5.74, 6) is -0.104. The highest BCUT2D eigenvalue weighted by Gasteiger charge is 2.25. The number of aromatic nitrogens is 4. The van der Waals surface area contributed by atoms with Gasteiger partial charge in [-0.05, 0) is 25.2 Å². The Morgan fingerprint density at radius 2 is 2.22 bits per heavy atom. The van der Waals surface area contributed by atoms with E-state index in [0.717, 1.165) is 30.5 Å². The summed E-state index contributed by atoms with van der Waals surface area (Å²) < 4.78 is 4.92. The van der Waals surface area contributed by atoms with Crippen molar-refractivity contribution in [2.75, 3.05) is 7.05 Å². The van der Waals surface area contributed by atoms with Crippen molar-refractivity contribution in [2.45, 2.75) is 32.7 Å². The fraction of sp³-hybridized carbons (Fsp3) is 0.500. The monoisotopic (exact) mass is 318 g/mol. The van der Waals surface area contributed by atoms with Crippen molar-refractivity contribution in [3.63, 3.8) is 0 Å². The normalized spacial score (nSPS) is 16.7. The Bertz CT molecular complexity index is 735. The summed E-state index contributed by atoms with van der Waals surface area (Å²) in [4.78, 5) is 27.5. The van der Waals surface area contributed by atoms with Gasteiger partial charge in [-0.25, -0.2) is 0 Å². The lowest BCUT2D eigenvalue weighted by Crippen LogP contribution is -2.25. The molecule has 3 N–H and O–H groups in total. The lowest BCUT2D eigenvalue weighted by molar-refractivity contribution is 0.0934. The summed E-state index contributed by atoms with van der Waals surface area (Å²) in [6.45, 7) is 2.20. The number of nitrogens with one attached hydrogen (secondary N) is 3. The van der Waals surface area contributed by atoms with E-state index in [1.807, 2.05) is 0 Å². The topological polar surface area (TPSA) is 126 Å². The molecule has 1 aliphatic rings. The lowest BCUT2D eigenvalue weighted by Gasteiger charge is -2.17. The molecule has 1 aliphatic carbocycles. The van der Waals surface area contributed by atoms with Crippen LogP contribution in [-0.4, -0.2) is 39.2 Å². The molecule has 2 heterocycles. The van der Waals surface area contributed by atoms with Crippen LogP contribution in [0.1, 0.15) is 51.6 Å². The third kappa shape index (κ3) is 3.08. The Balaban J connectivity index is 1.65. The Kier molecular flexibility index (Phi) is 4.09. The highest BCUT2D eigenvalue weighted by atomic mass is 16.5. The average molecular weight is 318 g/mol. The maximum Gasteiger partial charge on any atom is 0.292 e. The minimum Gasteiger partial charge on any atom is -0.352 e. The molecule has 0 unspecified atom stereocenters. The van der Waals surface area contributed by atoms with E-state index >= 15 is 0 Å². The first-order valence-electron chi connectivity index (χ1n) is 7.47.